The lowest BCUT2D eigenvalue weighted by Gasteiger charge is -2.26. The first-order valence-electron chi connectivity index (χ1n) is 11.2. The van der Waals surface area contributed by atoms with Crippen molar-refractivity contribution in [1.82, 2.24) is 4.57 Å². The number of para-hydroxylation sites is 1. The zero-order valence-corrected chi connectivity index (χ0v) is 23.1. The smallest absolute Gasteiger partial charge is 0.338 e. The Labute approximate surface area is 228 Å². The lowest BCUT2D eigenvalue weighted by Crippen LogP contribution is -2.40. The third-order valence-electron chi connectivity index (χ3n) is 5.84. The Morgan fingerprint density at radius 3 is 2.61 bits per heavy atom. The van der Waals surface area contributed by atoms with Crippen molar-refractivity contribution in [2.24, 2.45) is 4.99 Å². The van der Waals surface area contributed by atoms with Crippen molar-refractivity contribution in [2.45, 2.75) is 19.9 Å². The fourth-order valence-corrected chi connectivity index (χ4v) is 5.70. The number of phenols is 1. The van der Waals surface area contributed by atoms with Crippen LogP contribution in [0.1, 0.15) is 31.0 Å². The van der Waals surface area contributed by atoms with Gasteiger partial charge in [-0.25, -0.2) is 9.79 Å². The minimum Gasteiger partial charge on any atom is -0.502 e. The standard InChI is InChI=1S/C25H22BrN3O8S/c1-5-37-24(32)20-12(2)27-25-28(21(20)14-10-17(35-3)18(36-4)11-15(14)26)23(31)19(38-25)9-13-7-6-8-16(22(13)30)29(33)34/h6-11,21,30H,5H2,1-4H3/t21-/m1/s1. The minimum atomic E-state index is -0.944. The number of thiazole rings is 1. The van der Waals surface area contributed by atoms with Crippen LogP contribution in [0.4, 0.5) is 5.69 Å². The van der Waals surface area contributed by atoms with Crippen molar-refractivity contribution in [2.75, 3.05) is 20.8 Å². The maximum Gasteiger partial charge on any atom is 0.338 e. The van der Waals surface area contributed by atoms with Crippen molar-refractivity contribution in [1.29, 1.82) is 0 Å². The van der Waals surface area contributed by atoms with E-state index in [1.807, 2.05) is 0 Å². The quantitative estimate of drug-likeness (QED) is 0.246. The number of nitro groups is 1. The van der Waals surface area contributed by atoms with Crippen LogP contribution >= 0.6 is 27.3 Å². The summed E-state index contributed by atoms with van der Waals surface area (Å²) in [7, 11) is 2.96. The molecule has 11 nitrogen and oxygen atoms in total. The van der Waals surface area contributed by atoms with Gasteiger partial charge in [0, 0.05) is 16.1 Å². The van der Waals surface area contributed by atoms with Crippen molar-refractivity contribution in [3.05, 3.63) is 87.0 Å². The van der Waals surface area contributed by atoms with Crippen LogP contribution in [0.5, 0.6) is 17.2 Å². The topological polar surface area (TPSA) is 142 Å². The Kier molecular flexibility index (Phi) is 7.69. The summed E-state index contributed by atoms with van der Waals surface area (Å²) in [6.45, 7) is 3.44. The van der Waals surface area contributed by atoms with Gasteiger partial charge in [-0.2, -0.15) is 0 Å². The molecule has 0 radical (unpaired) electrons. The van der Waals surface area contributed by atoms with Crippen LogP contribution in [0.25, 0.3) is 6.08 Å². The molecule has 2 aromatic carbocycles. The number of phenolic OH excluding ortho intramolecular Hbond substituents is 1. The van der Waals surface area contributed by atoms with Crippen LogP contribution in [0, 0.1) is 10.1 Å². The molecule has 0 spiro atoms. The Bertz CT molecular complexity index is 1670. The summed E-state index contributed by atoms with van der Waals surface area (Å²) in [5, 5.41) is 21.7. The van der Waals surface area contributed by atoms with Gasteiger partial charge >= 0.3 is 11.7 Å². The molecule has 1 aromatic heterocycles. The Hall–Kier alpha value is -3.97. The van der Waals surface area contributed by atoms with Crippen LogP contribution in [0.15, 0.2) is 55.9 Å². The molecule has 0 amide bonds. The number of hydrogen-bond acceptors (Lipinski definition) is 10. The number of allylic oxidation sites excluding steroid dienone is 1. The number of nitrogens with zero attached hydrogens (tertiary/aromatic N) is 3. The summed E-state index contributed by atoms with van der Waals surface area (Å²) in [6.07, 6.45) is 1.36. The number of fused-ring (bicyclic) bond motifs is 1. The SMILES string of the molecule is CCOC(=O)C1=C(C)N=c2sc(=Cc3cccc([N+](=O)[O-])c3O)c(=O)n2[C@@H]1c1cc(OC)c(OC)cc1Br. The number of rotatable bonds is 7. The molecule has 1 aliphatic rings. The lowest BCUT2D eigenvalue weighted by molar-refractivity contribution is -0.385. The van der Waals surface area contributed by atoms with E-state index in [9.17, 15) is 24.8 Å². The highest BCUT2D eigenvalue weighted by atomic mass is 79.9. The van der Waals surface area contributed by atoms with E-state index < -0.39 is 33.9 Å². The van der Waals surface area contributed by atoms with Crippen LogP contribution < -0.4 is 24.4 Å². The molecule has 13 heteroatoms. The van der Waals surface area contributed by atoms with E-state index >= 15 is 0 Å². The van der Waals surface area contributed by atoms with Gasteiger partial charge in [0.05, 0.1) is 47.6 Å². The Morgan fingerprint density at radius 2 is 1.97 bits per heavy atom. The predicted octanol–water partition coefficient (Wildman–Crippen LogP) is 3.19. The summed E-state index contributed by atoms with van der Waals surface area (Å²) < 4.78 is 18.2. The van der Waals surface area contributed by atoms with E-state index in [0.717, 1.165) is 17.4 Å². The Balaban J connectivity index is 2.02. The minimum absolute atomic E-state index is 0.0923. The molecular weight excluding hydrogens is 582 g/mol. The van der Waals surface area contributed by atoms with Gasteiger partial charge in [0.25, 0.3) is 5.56 Å². The number of nitro benzene ring substituents is 1. The van der Waals surface area contributed by atoms with E-state index in [1.165, 1.54) is 37.0 Å². The first-order chi connectivity index (χ1) is 18.1. The summed E-state index contributed by atoms with van der Waals surface area (Å²) >= 11 is 4.56. The molecule has 1 N–H and O–H groups in total. The summed E-state index contributed by atoms with van der Waals surface area (Å²) in [5.41, 5.74) is 0.137. The second-order valence-electron chi connectivity index (χ2n) is 8.00. The van der Waals surface area contributed by atoms with E-state index in [0.29, 0.717) is 32.0 Å². The van der Waals surface area contributed by atoms with Gasteiger partial charge in [0.2, 0.25) is 5.75 Å². The summed E-state index contributed by atoms with van der Waals surface area (Å²) in [6, 6.07) is 6.42. The molecule has 0 saturated carbocycles. The fourth-order valence-electron chi connectivity index (χ4n) is 4.12. The number of ether oxygens (including phenoxy) is 3. The monoisotopic (exact) mass is 603 g/mol. The van der Waals surface area contributed by atoms with Crippen molar-refractivity contribution >= 4 is 45.0 Å². The average molecular weight is 604 g/mol. The number of carbonyl (C=O) groups is 1. The highest BCUT2D eigenvalue weighted by molar-refractivity contribution is 9.10. The molecule has 1 aliphatic heterocycles. The van der Waals surface area contributed by atoms with Crippen LogP contribution in [-0.2, 0) is 9.53 Å². The predicted molar refractivity (Wildman–Crippen MR) is 142 cm³/mol. The molecule has 3 aromatic rings. The molecular formula is C25H22BrN3O8S. The third kappa shape index (κ3) is 4.70. The second kappa shape index (κ2) is 10.8. The van der Waals surface area contributed by atoms with Gasteiger partial charge in [-0.3, -0.25) is 19.5 Å². The molecule has 4 rings (SSSR count). The average Bonchev–Trinajstić information content (AvgIpc) is 3.18. The number of aromatic hydroxyl groups is 1. The molecule has 1 atom stereocenters. The van der Waals surface area contributed by atoms with Gasteiger partial charge in [0.1, 0.15) is 0 Å². The van der Waals surface area contributed by atoms with Gasteiger partial charge < -0.3 is 19.3 Å². The van der Waals surface area contributed by atoms with Crippen LogP contribution in [0.3, 0.4) is 0 Å². The number of halogens is 1. The van der Waals surface area contributed by atoms with E-state index in [-0.39, 0.29) is 22.3 Å². The molecule has 198 valence electrons. The zero-order chi connectivity index (χ0) is 27.7. The van der Waals surface area contributed by atoms with E-state index in [2.05, 4.69) is 20.9 Å². The molecule has 0 aliphatic carbocycles. The van der Waals surface area contributed by atoms with E-state index in [1.54, 1.807) is 26.0 Å². The van der Waals surface area contributed by atoms with Gasteiger partial charge in [0.15, 0.2) is 16.3 Å². The third-order valence-corrected chi connectivity index (χ3v) is 7.51. The lowest BCUT2D eigenvalue weighted by atomic mass is 9.95. The molecule has 0 fully saturated rings. The fraction of sp³-hybridized carbons (Fsp3) is 0.240. The summed E-state index contributed by atoms with van der Waals surface area (Å²) in [4.78, 5) is 42.2. The van der Waals surface area contributed by atoms with Crippen molar-refractivity contribution in [3.63, 3.8) is 0 Å². The number of benzene rings is 2. The number of methoxy groups -OCH3 is 2. The highest BCUT2D eigenvalue weighted by Crippen LogP contribution is 2.40. The van der Waals surface area contributed by atoms with E-state index in [4.69, 9.17) is 14.2 Å². The molecule has 38 heavy (non-hydrogen) atoms. The highest BCUT2D eigenvalue weighted by Gasteiger charge is 2.35. The number of hydrogen-bond donors (Lipinski definition) is 1. The number of aromatic nitrogens is 1. The molecule has 2 heterocycles. The molecule has 0 unspecified atom stereocenters. The second-order valence-corrected chi connectivity index (χ2v) is 9.87. The normalized spacial score (nSPS) is 15.1. The maximum atomic E-state index is 13.8. The van der Waals surface area contributed by atoms with Crippen molar-refractivity contribution < 1.29 is 29.0 Å². The van der Waals surface area contributed by atoms with Crippen LogP contribution in [0.2, 0.25) is 0 Å². The number of carbonyl (C=O) groups excluding carboxylic acids is 1. The van der Waals surface area contributed by atoms with Gasteiger partial charge in [-0.15, -0.1) is 0 Å². The first-order valence-corrected chi connectivity index (χ1v) is 12.8. The van der Waals surface area contributed by atoms with Crippen molar-refractivity contribution in [3.8, 4) is 17.2 Å². The van der Waals surface area contributed by atoms with Gasteiger partial charge in [-0.1, -0.05) is 39.4 Å². The van der Waals surface area contributed by atoms with Gasteiger partial charge in [-0.05, 0) is 37.6 Å². The number of esters is 1. The largest absolute Gasteiger partial charge is 0.502 e. The summed E-state index contributed by atoms with van der Waals surface area (Å²) in [5.74, 6) is -0.376. The van der Waals surface area contributed by atoms with Crippen LogP contribution in [-0.4, -0.2) is 41.4 Å². The molecule has 0 saturated heterocycles. The first kappa shape index (κ1) is 27.1. The maximum absolute atomic E-state index is 13.8. The molecule has 0 bridgehead atoms. The zero-order valence-electron chi connectivity index (χ0n) is 20.7. The Morgan fingerprint density at radius 1 is 1.29 bits per heavy atom.